The summed E-state index contributed by atoms with van der Waals surface area (Å²) < 4.78 is 26.3. The number of hydrogen-bond donors (Lipinski definition) is 3. The lowest BCUT2D eigenvalue weighted by Gasteiger charge is -2.16. The zero-order valence-electron chi connectivity index (χ0n) is 11.7. The van der Waals surface area contributed by atoms with Crippen molar-refractivity contribution in [2.24, 2.45) is 4.99 Å². The Hall–Kier alpha value is -0.870. The van der Waals surface area contributed by atoms with Crippen LogP contribution in [0.2, 0.25) is 0 Å². The maximum atomic E-state index is 11.8. The van der Waals surface area contributed by atoms with E-state index in [1.165, 1.54) is 0 Å². The molecule has 0 fully saturated rings. The van der Waals surface area contributed by atoms with Crippen LogP contribution in [-0.2, 0) is 16.6 Å². The lowest BCUT2D eigenvalue weighted by molar-refractivity contribution is 0.579. The van der Waals surface area contributed by atoms with Crippen LogP contribution in [0.5, 0.6) is 0 Å². The van der Waals surface area contributed by atoms with Gasteiger partial charge >= 0.3 is 0 Å². The topological polar surface area (TPSA) is 82.6 Å². The third-order valence-electron chi connectivity index (χ3n) is 2.90. The molecule has 0 bridgehead atoms. The maximum absolute atomic E-state index is 11.8. The lowest BCUT2D eigenvalue weighted by atomic mass is 10.2. The van der Waals surface area contributed by atoms with Crippen molar-refractivity contribution in [2.45, 2.75) is 13.0 Å². The molecule has 1 aliphatic heterocycles. The molecule has 1 heterocycles. The van der Waals surface area contributed by atoms with Gasteiger partial charge in [-0.05, 0) is 12.0 Å². The molecule has 0 spiro atoms. The SMILES string of the molecule is I.O=S(=O)(CCNC1=NCCCN1)NCc1ccccc1. The highest BCUT2D eigenvalue weighted by molar-refractivity contribution is 14.0. The Morgan fingerprint density at radius 2 is 2.00 bits per heavy atom. The minimum atomic E-state index is -3.28. The fourth-order valence-corrected chi connectivity index (χ4v) is 2.72. The highest BCUT2D eigenvalue weighted by Crippen LogP contribution is 1.98. The molecule has 0 aliphatic carbocycles. The molecule has 1 aromatic rings. The van der Waals surface area contributed by atoms with Crippen molar-refractivity contribution < 1.29 is 8.42 Å². The molecule has 2 rings (SSSR count). The monoisotopic (exact) mass is 424 g/mol. The summed E-state index contributed by atoms with van der Waals surface area (Å²) in [4.78, 5) is 4.22. The summed E-state index contributed by atoms with van der Waals surface area (Å²) in [5.41, 5.74) is 0.947. The summed E-state index contributed by atoms with van der Waals surface area (Å²) >= 11 is 0. The van der Waals surface area contributed by atoms with Gasteiger partial charge in [-0.2, -0.15) is 0 Å². The van der Waals surface area contributed by atoms with E-state index in [9.17, 15) is 8.42 Å². The second-order valence-corrected chi connectivity index (χ2v) is 6.49. The molecule has 0 radical (unpaired) electrons. The summed E-state index contributed by atoms with van der Waals surface area (Å²) in [7, 11) is -3.28. The van der Waals surface area contributed by atoms with Crippen LogP contribution >= 0.6 is 24.0 Å². The smallest absolute Gasteiger partial charge is 0.213 e. The standard InChI is InChI=1S/C13H20N4O2S.HI/c18-20(19,17-11-12-5-2-1-3-6-12)10-9-16-13-14-7-4-8-15-13;/h1-3,5-6,17H,4,7-11H2,(H2,14,15,16);1H. The number of rotatable bonds is 6. The minimum Gasteiger partial charge on any atom is -0.356 e. The van der Waals surface area contributed by atoms with E-state index in [2.05, 4.69) is 20.3 Å². The lowest BCUT2D eigenvalue weighted by Crippen LogP contribution is -2.43. The molecule has 0 unspecified atom stereocenters. The Morgan fingerprint density at radius 1 is 1.24 bits per heavy atom. The van der Waals surface area contributed by atoms with Crippen LogP contribution in [0.4, 0.5) is 0 Å². The maximum Gasteiger partial charge on any atom is 0.213 e. The molecule has 0 saturated carbocycles. The Bertz CT molecular complexity index is 549. The first-order valence-corrected chi connectivity index (χ1v) is 8.34. The van der Waals surface area contributed by atoms with Gasteiger partial charge in [0.2, 0.25) is 10.0 Å². The molecule has 6 nitrogen and oxygen atoms in total. The number of nitrogens with zero attached hydrogens (tertiary/aromatic N) is 1. The Balaban J connectivity index is 0.00000220. The van der Waals surface area contributed by atoms with Gasteiger partial charge in [0, 0.05) is 26.2 Å². The molecule has 0 aromatic heterocycles. The molecule has 0 saturated heterocycles. The van der Waals surface area contributed by atoms with E-state index in [0.29, 0.717) is 19.0 Å². The molecule has 0 amide bonds. The van der Waals surface area contributed by atoms with E-state index in [1.807, 2.05) is 30.3 Å². The van der Waals surface area contributed by atoms with Gasteiger partial charge < -0.3 is 10.6 Å². The van der Waals surface area contributed by atoms with Gasteiger partial charge in [-0.3, -0.25) is 4.99 Å². The van der Waals surface area contributed by atoms with E-state index in [1.54, 1.807) is 0 Å². The second-order valence-electron chi connectivity index (χ2n) is 4.56. The average Bonchev–Trinajstić information content (AvgIpc) is 2.47. The number of hydrogen-bond acceptors (Lipinski definition) is 5. The van der Waals surface area contributed by atoms with Crippen LogP contribution in [0.3, 0.4) is 0 Å². The van der Waals surface area contributed by atoms with Crippen molar-refractivity contribution in [2.75, 3.05) is 25.4 Å². The highest BCUT2D eigenvalue weighted by atomic mass is 127. The Morgan fingerprint density at radius 3 is 2.67 bits per heavy atom. The van der Waals surface area contributed by atoms with Crippen LogP contribution in [0.25, 0.3) is 0 Å². The quantitative estimate of drug-likeness (QED) is 0.587. The van der Waals surface area contributed by atoms with Gasteiger partial charge in [0.15, 0.2) is 5.96 Å². The largest absolute Gasteiger partial charge is 0.356 e. The fourth-order valence-electron chi connectivity index (χ4n) is 1.82. The van der Waals surface area contributed by atoms with Crippen LogP contribution in [0.15, 0.2) is 35.3 Å². The average molecular weight is 424 g/mol. The third kappa shape index (κ3) is 7.09. The molecule has 118 valence electrons. The Labute approximate surface area is 142 Å². The van der Waals surface area contributed by atoms with Gasteiger partial charge in [-0.25, -0.2) is 13.1 Å². The molecular weight excluding hydrogens is 403 g/mol. The van der Waals surface area contributed by atoms with Crippen LogP contribution in [-0.4, -0.2) is 39.8 Å². The number of sulfonamides is 1. The number of guanidine groups is 1. The van der Waals surface area contributed by atoms with Crippen molar-refractivity contribution in [3.63, 3.8) is 0 Å². The molecular formula is C13H21IN4O2S. The molecule has 21 heavy (non-hydrogen) atoms. The summed E-state index contributed by atoms with van der Waals surface area (Å²) in [6.45, 7) is 2.33. The van der Waals surface area contributed by atoms with Crippen LogP contribution < -0.4 is 15.4 Å². The molecule has 3 N–H and O–H groups in total. The number of nitrogens with one attached hydrogen (secondary N) is 3. The van der Waals surface area contributed by atoms with Crippen LogP contribution in [0, 0.1) is 0 Å². The Kier molecular flexibility index (Phi) is 7.97. The first-order valence-electron chi connectivity index (χ1n) is 6.69. The van der Waals surface area contributed by atoms with Gasteiger partial charge in [0.1, 0.15) is 0 Å². The third-order valence-corrected chi connectivity index (χ3v) is 4.23. The number of aliphatic imine (C=N–C) groups is 1. The van der Waals surface area contributed by atoms with Crippen LogP contribution in [0.1, 0.15) is 12.0 Å². The van der Waals surface area contributed by atoms with Gasteiger partial charge in [-0.15, -0.1) is 24.0 Å². The summed E-state index contributed by atoms with van der Waals surface area (Å²) in [5.74, 6) is 0.718. The van der Waals surface area contributed by atoms with Gasteiger partial charge in [0.25, 0.3) is 0 Å². The van der Waals surface area contributed by atoms with Crippen molar-refractivity contribution in [1.82, 2.24) is 15.4 Å². The molecule has 1 aliphatic rings. The normalized spacial score (nSPS) is 14.6. The van der Waals surface area contributed by atoms with E-state index in [4.69, 9.17) is 0 Å². The first-order chi connectivity index (χ1) is 9.66. The first kappa shape index (κ1) is 18.2. The molecule has 0 atom stereocenters. The summed E-state index contributed by atoms with van der Waals surface area (Å²) in [6.07, 6.45) is 1.02. The van der Waals surface area contributed by atoms with Crippen molar-refractivity contribution in [1.29, 1.82) is 0 Å². The second kappa shape index (κ2) is 9.21. The molecule has 8 heteroatoms. The van der Waals surface area contributed by atoms with E-state index >= 15 is 0 Å². The van der Waals surface area contributed by atoms with Crippen molar-refractivity contribution in [3.05, 3.63) is 35.9 Å². The zero-order chi connectivity index (χ0) is 14.3. The van der Waals surface area contributed by atoms with Gasteiger partial charge in [0.05, 0.1) is 5.75 Å². The number of halogens is 1. The van der Waals surface area contributed by atoms with E-state index in [-0.39, 0.29) is 29.7 Å². The summed E-state index contributed by atoms with van der Waals surface area (Å²) in [5, 5.41) is 6.08. The van der Waals surface area contributed by atoms with Crippen molar-refractivity contribution >= 4 is 40.0 Å². The van der Waals surface area contributed by atoms with Crippen molar-refractivity contribution in [3.8, 4) is 0 Å². The van der Waals surface area contributed by atoms with E-state index < -0.39 is 10.0 Å². The zero-order valence-corrected chi connectivity index (χ0v) is 14.9. The number of benzene rings is 1. The minimum absolute atomic E-state index is 0. The molecule has 1 aromatic carbocycles. The predicted octanol–water partition coefficient (Wildman–Crippen LogP) is 0.663. The predicted molar refractivity (Wildman–Crippen MR) is 95.4 cm³/mol. The summed E-state index contributed by atoms with van der Waals surface area (Å²) in [6, 6.07) is 9.46. The fraction of sp³-hybridized carbons (Fsp3) is 0.462. The van der Waals surface area contributed by atoms with E-state index in [0.717, 1.165) is 25.1 Å². The highest BCUT2D eigenvalue weighted by Gasteiger charge is 2.10. The van der Waals surface area contributed by atoms with Gasteiger partial charge in [-0.1, -0.05) is 30.3 Å².